The van der Waals surface area contributed by atoms with Crippen LogP contribution in [0.1, 0.15) is 31.0 Å². The van der Waals surface area contributed by atoms with Crippen molar-refractivity contribution >= 4 is 9.84 Å². The summed E-state index contributed by atoms with van der Waals surface area (Å²) >= 11 is 0. The Labute approximate surface area is 95.9 Å². The van der Waals surface area contributed by atoms with Gasteiger partial charge in [0.05, 0.1) is 11.5 Å². The summed E-state index contributed by atoms with van der Waals surface area (Å²) in [4.78, 5) is 3.79. The molecule has 0 aliphatic rings. The third-order valence-electron chi connectivity index (χ3n) is 2.13. The van der Waals surface area contributed by atoms with E-state index in [2.05, 4.69) is 4.98 Å². The van der Waals surface area contributed by atoms with Crippen LogP contribution in [0.15, 0.2) is 18.3 Å². The second-order valence-electron chi connectivity index (χ2n) is 3.61. The van der Waals surface area contributed by atoms with E-state index in [9.17, 15) is 8.42 Å². The summed E-state index contributed by atoms with van der Waals surface area (Å²) in [5.41, 5.74) is 0.880. The van der Waals surface area contributed by atoms with Crippen LogP contribution in [0, 0.1) is 11.3 Å². The number of pyridine rings is 1. The van der Waals surface area contributed by atoms with E-state index < -0.39 is 9.84 Å². The van der Waals surface area contributed by atoms with Gasteiger partial charge in [-0.25, -0.2) is 13.4 Å². The average Bonchev–Trinajstić information content (AvgIpc) is 2.26. The van der Waals surface area contributed by atoms with Crippen LogP contribution in [0.4, 0.5) is 0 Å². The minimum Gasteiger partial charge on any atom is -0.246 e. The second kappa shape index (κ2) is 5.61. The van der Waals surface area contributed by atoms with Crippen molar-refractivity contribution in [3.8, 4) is 6.07 Å². The molecule has 1 aromatic rings. The van der Waals surface area contributed by atoms with E-state index in [1.807, 2.05) is 13.0 Å². The zero-order chi connectivity index (χ0) is 12.0. The van der Waals surface area contributed by atoms with Crippen molar-refractivity contribution in [1.29, 1.82) is 5.26 Å². The molecule has 5 heteroatoms. The molecule has 0 saturated heterocycles. The number of unbranched alkanes of at least 4 members (excludes halogenated alkanes) is 1. The van der Waals surface area contributed by atoms with Gasteiger partial charge in [-0.3, -0.25) is 0 Å². The van der Waals surface area contributed by atoms with Crippen molar-refractivity contribution in [2.24, 2.45) is 0 Å². The minimum absolute atomic E-state index is 0.00972. The van der Waals surface area contributed by atoms with Gasteiger partial charge in [-0.15, -0.1) is 0 Å². The molecular formula is C11H14N2O2S. The Morgan fingerprint density at radius 2 is 2.25 bits per heavy atom. The maximum atomic E-state index is 11.7. The van der Waals surface area contributed by atoms with Gasteiger partial charge in [-0.2, -0.15) is 5.26 Å². The number of nitriles is 1. The number of rotatable bonds is 5. The van der Waals surface area contributed by atoms with Gasteiger partial charge in [-0.1, -0.05) is 13.3 Å². The Morgan fingerprint density at radius 1 is 1.50 bits per heavy atom. The van der Waals surface area contributed by atoms with E-state index >= 15 is 0 Å². The normalized spacial score (nSPS) is 11.0. The van der Waals surface area contributed by atoms with Crippen molar-refractivity contribution in [2.75, 3.05) is 5.75 Å². The third-order valence-corrected chi connectivity index (χ3v) is 3.82. The lowest BCUT2D eigenvalue weighted by Crippen LogP contribution is -2.09. The lowest BCUT2D eigenvalue weighted by atomic mass is 10.2. The molecule has 1 aromatic heterocycles. The Bertz CT molecular complexity index is 489. The van der Waals surface area contributed by atoms with Crippen LogP contribution in [0.3, 0.4) is 0 Å². The zero-order valence-corrected chi connectivity index (χ0v) is 10.00. The van der Waals surface area contributed by atoms with E-state index in [1.165, 1.54) is 12.3 Å². The fourth-order valence-electron chi connectivity index (χ4n) is 1.32. The molecule has 0 spiro atoms. The topological polar surface area (TPSA) is 70.8 Å². The Balaban J connectivity index is 2.77. The highest BCUT2D eigenvalue weighted by Gasteiger charge is 2.11. The van der Waals surface area contributed by atoms with Crippen LogP contribution in [-0.2, 0) is 15.6 Å². The molecule has 0 N–H and O–H groups in total. The average molecular weight is 238 g/mol. The maximum Gasteiger partial charge on any atom is 0.154 e. The van der Waals surface area contributed by atoms with Crippen LogP contribution in [0.25, 0.3) is 0 Å². The van der Waals surface area contributed by atoms with E-state index in [0.717, 1.165) is 6.42 Å². The summed E-state index contributed by atoms with van der Waals surface area (Å²) in [6.07, 6.45) is 3.00. The second-order valence-corrected chi connectivity index (χ2v) is 5.79. The van der Waals surface area contributed by atoms with Gasteiger partial charge in [0.25, 0.3) is 0 Å². The fourth-order valence-corrected chi connectivity index (χ4v) is 2.88. The monoisotopic (exact) mass is 238 g/mol. The summed E-state index contributed by atoms with van der Waals surface area (Å²) in [6.45, 7) is 1.95. The summed E-state index contributed by atoms with van der Waals surface area (Å²) < 4.78 is 23.3. The van der Waals surface area contributed by atoms with Gasteiger partial charge in [-0.05, 0) is 24.1 Å². The van der Waals surface area contributed by atoms with Gasteiger partial charge >= 0.3 is 0 Å². The van der Waals surface area contributed by atoms with E-state index in [1.54, 1.807) is 6.07 Å². The molecule has 0 fully saturated rings. The number of nitrogens with zero attached hydrogens (tertiary/aromatic N) is 2. The Kier molecular flexibility index (Phi) is 4.44. The van der Waals surface area contributed by atoms with E-state index in [0.29, 0.717) is 12.0 Å². The van der Waals surface area contributed by atoms with Crippen LogP contribution in [-0.4, -0.2) is 19.2 Å². The van der Waals surface area contributed by atoms with Gasteiger partial charge in [0, 0.05) is 6.20 Å². The molecule has 0 atom stereocenters. The van der Waals surface area contributed by atoms with Crippen LogP contribution in [0.2, 0.25) is 0 Å². The number of sulfone groups is 1. The quantitative estimate of drug-likeness (QED) is 0.782. The highest BCUT2D eigenvalue weighted by atomic mass is 32.2. The maximum absolute atomic E-state index is 11.7. The molecular weight excluding hydrogens is 224 g/mol. The number of hydrogen-bond donors (Lipinski definition) is 0. The smallest absolute Gasteiger partial charge is 0.154 e. The molecule has 16 heavy (non-hydrogen) atoms. The molecule has 0 aromatic carbocycles. The van der Waals surface area contributed by atoms with E-state index in [4.69, 9.17) is 5.26 Å². The highest BCUT2D eigenvalue weighted by molar-refractivity contribution is 7.90. The third kappa shape index (κ3) is 3.99. The first kappa shape index (κ1) is 12.7. The van der Waals surface area contributed by atoms with Gasteiger partial charge in [0.2, 0.25) is 0 Å². The fraction of sp³-hybridized carbons (Fsp3) is 0.455. The number of aromatic nitrogens is 1. The number of hydrogen-bond acceptors (Lipinski definition) is 4. The first-order valence-electron chi connectivity index (χ1n) is 5.13. The van der Waals surface area contributed by atoms with Crippen molar-refractivity contribution in [1.82, 2.24) is 4.98 Å². The first-order valence-corrected chi connectivity index (χ1v) is 6.95. The van der Waals surface area contributed by atoms with E-state index in [-0.39, 0.29) is 17.2 Å². The van der Waals surface area contributed by atoms with Crippen molar-refractivity contribution < 1.29 is 8.42 Å². The van der Waals surface area contributed by atoms with Crippen LogP contribution in [0.5, 0.6) is 0 Å². The summed E-state index contributed by atoms with van der Waals surface area (Å²) in [5, 5.41) is 8.64. The molecule has 1 rings (SSSR count). The summed E-state index contributed by atoms with van der Waals surface area (Å²) in [5.74, 6) is 0.192. The molecule has 0 aliphatic heterocycles. The largest absolute Gasteiger partial charge is 0.246 e. The molecule has 1 heterocycles. The molecule has 0 aliphatic carbocycles. The lowest BCUT2D eigenvalue weighted by Gasteiger charge is -2.03. The standard InChI is InChI=1S/C11H14N2O2S/c1-2-3-6-16(14,15)9-10-4-5-13-11(7-10)8-12/h4-5,7H,2-3,6,9H2,1H3. The van der Waals surface area contributed by atoms with Crippen molar-refractivity contribution in [2.45, 2.75) is 25.5 Å². The van der Waals surface area contributed by atoms with Crippen LogP contribution >= 0.6 is 0 Å². The molecule has 86 valence electrons. The molecule has 0 amide bonds. The van der Waals surface area contributed by atoms with Crippen molar-refractivity contribution in [3.05, 3.63) is 29.6 Å². The lowest BCUT2D eigenvalue weighted by molar-refractivity contribution is 0.592. The SMILES string of the molecule is CCCCS(=O)(=O)Cc1ccnc(C#N)c1. The Hall–Kier alpha value is -1.41. The zero-order valence-electron chi connectivity index (χ0n) is 9.18. The first-order chi connectivity index (χ1) is 7.57. The van der Waals surface area contributed by atoms with Crippen molar-refractivity contribution in [3.63, 3.8) is 0 Å². The Morgan fingerprint density at radius 3 is 2.88 bits per heavy atom. The molecule has 0 bridgehead atoms. The molecule has 0 unspecified atom stereocenters. The molecule has 0 radical (unpaired) electrons. The predicted molar refractivity (Wildman–Crippen MR) is 61.4 cm³/mol. The van der Waals surface area contributed by atoms with Crippen LogP contribution < -0.4 is 0 Å². The minimum atomic E-state index is -3.06. The summed E-state index contributed by atoms with van der Waals surface area (Å²) in [6, 6.07) is 5.04. The molecule has 0 saturated carbocycles. The highest BCUT2D eigenvalue weighted by Crippen LogP contribution is 2.08. The van der Waals surface area contributed by atoms with Gasteiger partial charge in [0.1, 0.15) is 11.8 Å². The predicted octanol–water partition coefficient (Wildman–Crippen LogP) is 1.67. The van der Waals surface area contributed by atoms with Gasteiger partial charge < -0.3 is 0 Å². The molecule has 4 nitrogen and oxygen atoms in total. The summed E-state index contributed by atoms with van der Waals surface area (Å²) in [7, 11) is -3.06. The van der Waals surface area contributed by atoms with Gasteiger partial charge in [0.15, 0.2) is 9.84 Å².